The number of nitrogens with zero attached hydrogens (tertiary/aromatic N) is 4. The molecule has 3 rings (SSSR count). The summed E-state index contributed by atoms with van der Waals surface area (Å²) in [5.74, 6) is -0.157. The van der Waals surface area contributed by atoms with Crippen LogP contribution < -0.4 is 10.2 Å². The average molecular weight is 402 g/mol. The van der Waals surface area contributed by atoms with Crippen molar-refractivity contribution in [3.8, 4) is 0 Å². The molecule has 0 aromatic heterocycles. The van der Waals surface area contributed by atoms with Crippen LogP contribution >= 0.6 is 0 Å². The fourth-order valence-corrected chi connectivity index (χ4v) is 4.17. The molecular weight excluding hydrogens is 370 g/mol. The summed E-state index contributed by atoms with van der Waals surface area (Å²) in [6, 6.07) is 9.80. The van der Waals surface area contributed by atoms with Crippen LogP contribution in [0.2, 0.25) is 0 Å². The second kappa shape index (κ2) is 8.71. The van der Waals surface area contributed by atoms with Gasteiger partial charge in [-0.2, -0.15) is 0 Å². The van der Waals surface area contributed by atoms with Gasteiger partial charge in [0.1, 0.15) is 12.1 Å². The number of carbonyl (C=O) groups excluding carboxylic acids is 3. The first-order valence-electron chi connectivity index (χ1n) is 10.2. The summed E-state index contributed by atoms with van der Waals surface area (Å²) in [5, 5.41) is 2.85. The lowest BCUT2D eigenvalue weighted by atomic mass is 9.85. The zero-order chi connectivity index (χ0) is 21.0. The summed E-state index contributed by atoms with van der Waals surface area (Å²) in [4.78, 5) is 45.2. The van der Waals surface area contributed by atoms with Crippen molar-refractivity contribution in [3.05, 3.63) is 30.3 Å². The van der Waals surface area contributed by atoms with Crippen molar-refractivity contribution in [1.82, 2.24) is 20.0 Å². The van der Waals surface area contributed by atoms with Crippen molar-refractivity contribution in [2.24, 2.45) is 0 Å². The first-order chi connectivity index (χ1) is 13.9. The highest BCUT2D eigenvalue weighted by molar-refractivity contribution is 5.96. The predicted molar refractivity (Wildman–Crippen MR) is 111 cm³/mol. The van der Waals surface area contributed by atoms with Gasteiger partial charge in [-0.05, 0) is 31.4 Å². The Balaban J connectivity index is 1.81. The number of urea groups is 1. The summed E-state index contributed by atoms with van der Waals surface area (Å²) in [5.41, 5.74) is 0.250. The van der Waals surface area contributed by atoms with Crippen LogP contribution in [0.3, 0.4) is 0 Å². The lowest BCUT2D eigenvalue weighted by Crippen LogP contribution is -2.58. The van der Waals surface area contributed by atoms with Crippen molar-refractivity contribution in [2.45, 2.75) is 31.7 Å². The highest BCUT2D eigenvalue weighted by Crippen LogP contribution is 2.39. The maximum Gasteiger partial charge on any atom is 0.319 e. The molecule has 0 unspecified atom stereocenters. The molecule has 2 aliphatic heterocycles. The zero-order valence-corrected chi connectivity index (χ0v) is 17.6. The van der Waals surface area contributed by atoms with Crippen LogP contribution in [-0.2, 0) is 9.59 Å². The highest BCUT2D eigenvalue weighted by Gasteiger charge is 2.54. The number of piperidine rings is 1. The van der Waals surface area contributed by atoms with Crippen LogP contribution in [0.15, 0.2) is 30.3 Å². The van der Waals surface area contributed by atoms with E-state index in [4.69, 9.17) is 0 Å². The molecule has 1 N–H and O–H groups in total. The summed E-state index contributed by atoms with van der Waals surface area (Å²) in [6.07, 6.45) is 1.95. The summed E-state index contributed by atoms with van der Waals surface area (Å²) in [7, 11) is 3.47. The van der Waals surface area contributed by atoms with Gasteiger partial charge in [-0.15, -0.1) is 0 Å². The molecule has 0 bridgehead atoms. The van der Waals surface area contributed by atoms with Crippen LogP contribution in [0.25, 0.3) is 0 Å². The summed E-state index contributed by atoms with van der Waals surface area (Å²) < 4.78 is 0. The summed E-state index contributed by atoms with van der Waals surface area (Å²) in [6.45, 7) is 4.07. The van der Waals surface area contributed by atoms with Crippen LogP contribution in [0.4, 0.5) is 10.5 Å². The molecule has 2 fully saturated rings. The third kappa shape index (κ3) is 4.16. The highest BCUT2D eigenvalue weighted by atomic mass is 16.2. The van der Waals surface area contributed by atoms with Gasteiger partial charge in [0, 0.05) is 39.4 Å². The number of likely N-dealkylation sites (tertiary alicyclic amines) is 1. The molecule has 158 valence electrons. The van der Waals surface area contributed by atoms with E-state index in [1.54, 1.807) is 28.8 Å². The number of rotatable bonds is 5. The molecular formula is C21H31N5O3. The Bertz CT molecular complexity index is 744. The molecule has 1 aromatic rings. The second-order valence-electron chi connectivity index (χ2n) is 7.95. The van der Waals surface area contributed by atoms with Gasteiger partial charge >= 0.3 is 6.03 Å². The number of anilines is 1. The third-order valence-electron chi connectivity index (χ3n) is 5.73. The Morgan fingerprint density at radius 2 is 1.79 bits per heavy atom. The molecule has 2 aliphatic rings. The first-order valence-corrected chi connectivity index (χ1v) is 10.2. The first kappa shape index (κ1) is 21.0. The number of amides is 4. The molecule has 4 amide bonds. The number of para-hydroxylation sites is 1. The van der Waals surface area contributed by atoms with E-state index in [9.17, 15) is 14.4 Å². The Morgan fingerprint density at radius 1 is 1.14 bits per heavy atom. The van der Waals surface area contributed by atoms with E-state index in [0.29, 0.717) is 39.1 Å². The lowest BCUT2D eigenvalue weighted by Gasteiger charge is -2.43. The molecule has 8 heteroatoms. The largest absolute Gasteiger partial charge is 0.355 e. The molecule has 2 saturated heterocycles. The van der Waals surface area contributed by atoms with Gasteiger partial charge in [0.2, 0.25) is 5.91 Å². The molecule has 29 heavy (non-hydrogen) atoms. The van der Waals surface area contributed by atoms with E-state index in [0.717, 1.165) is 12.1 Å². The molecule has 0 aliphatic carbocycles. The molecule has 8 nitrogen and oxygen atoms in total. The number of benzene rings is 1. The van der Waals surface area contributed by atoms with Crippen LogP contribution in [0, 0.1) is 0 Å². The van der Waals surface area contributed by atoms with Crippen molar-refractivity contribution in [3.63, 3.8) is 0 Å². The van der Waals surface area contributed by atoms with E-state index in [-0.39, 0.29) is 24.4 Å². The average Bonchev–Trinajstić information content (AvgIpc) is 2.99. The Labute approximate surface area is 172 Å². The minimum Gasteiger partial charge on any atom is -0.355 e. The molecule has 0 radical (unpaired) electrons. The smallest absolute Gasteiger partial charge is 0.319 e. The van der Waals surface area contributed by atoms with Gasteiger partial charge in [0.25, 0.3) is 5.91 Å². The number of nitrogens with one attached hydrogen (secondary N) is 1. The number of carbonyl (C=O) groups is 3. The third-order valence-corrected chi connectivity index (χ3v) is 5.73. The molecule has 0 atom stereocenters. The van der Waals surface area contributed by atoms with Crippen LogP contribution in [0.1, 0.15) is 26.2 Å². The van der Waals surface area contributed by atoms with Crippen molar-refractivity contribution in [1.29, 1.82) is 0 Å². The van der Waals surface area contributed by atoms with E-state index < -0.39 is 5.54 Å². The topological polar surface area (TPSA) is 76.2 Å². The van der Waals surface area contributed by atoms with Gasteiger partial charge in [-0.3, -0.25) is 9.59 Å². The van der Waals surface area contributed by atoms with Gasteiger partial charge in [0.05, 0.1) is 6.67 Å². The second-order valence-corrected chi connectivity index (χ2v) is 7.95. The van der Waals surface area contributed by atoms with Gasteiger partial charge < -0.3 is 24.9 Å². The van der Waals surface area contributed by atoms with Gasteiger partial charge in [-0.25, -0.2) is 4.79 Å². The normalized spacial score (nSPS) is 18.3. The number of hydrogen-bond donors (Lipinski definition) is 1. The zero-order valence-electron chi connectivity index (χ0n) is 17.6. The summed E-state index contributed by atoms with van der Waals surface area (Å²) >= 11 is 0. The fraction of sp³-hybridized carbons (Fsp3) is 0.571. The van der Waals surface area contributed by atoms with Crippen LogP contribution in [-0.4, -0.2) is 85.0 Å². The van der Waals surface area contributed by atoms with E-state index in [2.05, 4.69) is 10.2 Å². The minimum atomic E-state index is -0.713. The Hall–Kier alpha value is -2.77. The van der Waals surface area contributed by atoms with Gasteiger partial charge in [0.15, 0.2) is 0 Å². The molecule has 0 saturated carbocycles. The number of hydrogen-bond acceptors (Lipinski definition) is 4. The van der Waals surface area contributed by atoms with Crippen molar-refractivity contribution >= 4 is 23.5 Å². The predicted octanol–water partition coefficient (Wildman–Crippen LogP) is 1.34. The van der Waals surface area contributed by atoms with Crippen LogP contribution in [0.5, 0.6) is 0 Å². The Kier molecular flexibility index (Phi) is 6.30. The Morgan fingerprint density at radius 3 is 2.38 bits per heavy atom. The lowest BCUT2D eigenvalue weighted by molar-refractivity contribution is -0.137. The fourth-order valence-electron chi connectivity index (χ4n) is 4.17. The monoisotopic (exact) mass is 401 g/mol. The van der Waals surface area contributed by atoms with E-state index >= 15 is 0 Å². The van der Waals surface area contributed by atoms with E-state index in [1.807, 2.05) is 37.3 Å². The maximum atomic E-state index is 13.5. The quantitative estimate of drug-likeness (QED) is 0.808. The molecule has 2 heterocycles. The molecule has 1 aromatic carbocycles. The van der Waals surface area contributed by atoms with Crippen molar-refractivity contribution in [2.75, 3.05) is 51.8 Å². The standard InChI is InChI=1S/C21H31N5O3/c1-4-12-22-18(27)15-25-16-26(17-8-6-5-7-9-17)21(19(25)28)10-13-24(14-11-21)20(29)23(2)3/h5-9H,4,10-16H2,1-3H3,(H,22,27). The maximum absolute atomic E-state index is 13.5. The minimum absolute atomic E-state index is 0.0232. The molecule has 1 spiro atoms. The SMILES string of the molecule is CCCNC(=O)CN1CN(c2ccccc2)C2(CCN(C(=O)N(C)C)CC2)C1=O. The van der Waals surface area contributed by atoms with Gasteiger partial charge in [-0.1, -0.05) is 25.1 Å². The van der Waals surface area contributed by atoms with Crippen molar-refractivity contribution < 1.29 is 14.4 Å². The van der Waals surface area contributed by atoms with E-state index in [1.165, 1.54) is 0 Å².